The van der Waals surface area contributed by atoms with E-state index in [9.17, 15) is 26.4 Å². The van der Waals surface area contributed by atoms with Gasteiger partial charge in [-0.15, -0.1) is 0 Å². The molecule has 0 radical (unpaired) electrons. The Hall–Kier alpha value is -5.34. The van der Waals surface area contributed by atoms with Crippen LogP contribution in [0.3, 0.4) is 0 Å². The second kappa shape index (κ2) is 12.8. The van der Waals surface area contributed by atoms with Gasteiger partial charge in [0.2, 0.25) is 15.9 Å². The molecule has 1 atom stereocenters. The van der Waals surface area contributed by atoms with Crippen molar-refractivity contribution in [2.24, 2.45) is 5.92 Å². The molecule has 1 aliphatic rings. The van der Waals surface area contributed by atoms with Gasteiger partial charge >= 0.3 is 0 Å². The number of ether oxygens (including phenoxy) is 2. The fourth-order valence-corrected chi connectivity index (χ4v) is 7.20. The highest BCUT2D eigenvalue weighted by Gasteiger charge is 2.30. The van der Waals surface area contributed by atoms with Crippen LogP contribution in [0.25, 0.3) is 56.0 Å². The maximum absolute atomic E-state index is 14.6. The number of benzene rings is 4. The molecule has 1 unspecified atom stereocenters. The van der Waals surface area contributed by atoms with Gasteiger partial charge in [-0.2, -0.15) is 0 Å². The lowest BCUT2D eigenvalue weighted by atomic mass is 9.96. The van der Waals surface area contributed by atoms with Crippen molar-refractivity contribution in [2.45, 2.75) is 6.42 Å². The zero-order chi connectivity index (χ0) is 35.3. The number of carbonyl (C=O) groups excluding carboxylic acids is 1. The first kappa shape index (κ1) is 33.2. The van der Waals surface area contributed by atoms with Crippen LogP contribution >= 0.6 is 0 Å². The summed E-state index contributed by atoms with van der Waals surface area (Å²) in [4.78, 5) is 17.7. The number of amides is 1. The molecule has 7 rings (SSSR count). The Kier molecular flexibility index (Phi) is 8.52. The van der Waals surface area contributed by atoms with Gasteiger partial charge in [0.25, 0.3) is 5.91 Å². The average molecular weight is 706 g/mol. The minimum atomic E-state index is -3.90. The summed E-state index contributed by atoms with van der Waals surface area (Å²) in [7, 11) is -1.02. The molecule has 1 fully saturated rings. The number of sulfonamides is 1. The van der Waals surface area contributed by atoms with Crippen LogP contribution in [0.15, 0.2) is 75.6 Å². The number of anilines is 1. The van der Waals surface area contributed by atoms with Crippen LogP contribution in [0.1, 0.15) is 16.8 Å². The van der Waals surface area contributed by atoms with E-state index in [1.807, 2.05) is 0 Å². The molecule has 1 saturated heterocycles. The van der Waals surface area contributed by atoms with Crippen molar-refractivity contribution in [1.82, 2.24) is 10.3 Å². The summed E-state index contributed by atoms with van der Waals surface area (Å²) in [6.45, 7) is 0.977. The van der Waals surface area contributed by atoms with E-state index >= 15 is 0 Å². The van der Waals surface area contributed by atoms with Gasteiger partial charge in [0.1, 0.15) is 34.2 Å². The first-order chi connectivity index (χ1) is 23.9. The summed E-state index contributed by atoms with van der Waals surface area (Å²) >= 11 is 0. The molecule has 1 amide bonds. The van der Waals surface area contributed by atoms with Crippen LogP contribution in [0.4, 0.5) is 18.9 Å². The zero-order valence-corrected chi connectivity index (χ0v) is 27.9. The summed E-state index contributed by atoms with van der Waals surface area (Å²) in [6, 6.07) is 15.3. The molecule has 4 aromatic carbocycles. The lowest BCUT2D eigenvalue weighted by Crippen LogP contribution is -2.35. The normalized spacial score (nSPS) is 14.8. The van der Waals surface area contributed by atoms with E-state index in [1.54, 1.807) is 30.3 Å². The first-order valence-corrected chi connectivity index (χ1v) is 17.4. The zero-order valence-electron chi connectivity index (χ0n) is 27.1. The first-order valence-electron chi connectivity index (χ1n) is 15.5. The fraction of sp³-hybridized carbons (Fsp3) is 0.222. The van der Waals surface area contributed by atoms with Gasteiger partial charge < -0.3 is 23.6 Å². The lowest BCUT2D eigenvalue weighted by Gasteiger charge is -2.27. The highest BCUT2D eigenvalue weighted by molar-refractivity contribution is 7.92. The maximum atomic E-state index is 14.6. The quantitative estimate of drug-likeness (QED) is 0.168. The Morgan fingerprint density at radius 2 is 1.72 bits per heavy atom. The van der Waals surface area contributed by atoms with Gasteiger partial charge in [0.15, 0.2) is 11.4 Å². The van der Waals surface area contributed by atoms with E-state index in [4.69, 9.17) is 18.3 Å². The number of rotatable bonds is 9. The van der Waals surface area contributed by atoms with E-state index < -0.39 is 33.4 Å². The number of carbonyl (C=O) groups is 1. The number of halogens is 3. The number of furan rings is 1. The van der Waals surface area contributed by atoms with Gasteiger partial charge in [-0.25, -0.2) is 26.6 Å². The fourth-order valence-electron chi connectivity index (χ4n) is 6.21. The monoisotopic (exact) mass is 705 g/mol. The molecule has 258 valence electrons. The predicted molar refractivity (Wildman–Crippen MR) is 181 cm³/mol. The standard InChI is InChI=1S/C36H30F3N3O7S/c1-40-35(43)32-25-15-24(21-6-9-29(46-2)26(12-21)36-41-33-27(39)13-23(38)14-31(33)49-36)28(42(50(3,44)45)17-19-10-11-47-18-19)16-30(25)48-34(32)20-4-7-22(37)8-5-20/h4-9,12-16,19H,10-11,17-18H2,1-3H3,(H,40,43). The second-order valence-corrected chi connectivity index (χ2v) is 13.9. The Morgan fingerprint density at radius 3 is 2.40 bits per heavy atom. The molecule has 0 bridgehead atoms. The van der Waals surface area contributed by atoms with E-state index in [0.717, 1.165) is 12.3 Å². The summed E-state index contributed by atoms with van der Waals surface area (Å²) < 4.78 is 94.0. The topological polar surface area (TPSA) is 124 Å². The molecule has 6 aromatic rings. The van der Waals surface area contributed by atoms with E-state index in [0.29, 0.717) is 53.5 Å². The largest absolute Gasteiger partial charge is 0.496 e. The average Bonchev–Trinajstić information content (AvgIpc) is 3.85. The third-order valence-electron chi connectivity index (χ3n) is 8.64. The van der Waals surface area contributed by atoms with E-state index in [1.165, 1.54) is 42.7 Å². The van der Waals surface area contributed by atoms with Crippen molar-refractivity contribution in [3.8, 4) is 39.7 Å². The number of nitrogens with zero attached hydrogens (tertiary/aromatic N) is 2. The van der Waals surface area contributed by atoms with Gasteiger partial charge in [-0.3, -0.25) is 9.10 Å². The Labute approximate surface area is 284 Å². The molecule has 14 heteroatoms. The number of aromatic nitrogens is 1. The van der Waals surface area contributed by atoms with Crippen molar-refractivity contribution in [3.63, 3.8) is 0 Å². The minimum absolute atomic E-state index is 0.0677. The molecule has 3 heterocycles. The minimum Gasteiger partial charge on any atom is -0.496 e. The van der Waals surface area contributed by atoms with Crippen LogP contribution in [0, 0.1) is 23.4 Å². The van der Waals surface area contributed by atoms with E-state index in [2.05, 4.69) is 10.3 Å². The van der Waals surface area contributed by atoms with Gasteiger partial charge in [-0.05, 0) is 54.4 Å². The van der Waals surface area contributed by atoms with Gasteiger partial charge in [-0.1, -0.05) is 6.07 Å². The molecule has 0 aliphatic carbocycles. The highest BCUT2D eigenvalue weighted by atomic mass is 32.2. The number of fused-ring (bicyclic) bond motifs is 2. The van der Waals surface area contributed by atoms with Gasteiger partial charge in [0.05, 0.1) is 36.8 Å². The molecular formula is C36H30F3N3O7S. The summed E-state index contributed by atoms with van der Waals surface area (Å²) in [5.74, 6) is -2.41. The van der Waals surface area contributed by atoms with Crippen LogP contribution < -0.4 is 14.4 Å². The molecule has 50 heavy (non-hydrogen) atoms. The molecule has 0 spiro atoms. The van der Waals surface area contributed by atoms with Gasteiger partial charge in [0, 0.05) is 60.8 Å². The van der Waals surface area contributed by atoms with Crippen molar-refractivity contribution < 1.29 is 44.7 Å². The van der Waals surface area contributed by atoms with Crippen molar-refractivity contribution in [1.29, 1.82) is 0 Å². The summed E-state index contributed by atoms with van der Waals surface area (Å²) in [5.41, 5.74) is 1.86. The van der Waals surface area contributed by atoms with Crippen molar-refractivity contribution in [2.75, 3.05) is 44.5 Å². The van der Waals surface area contributed by atoms with E-state index in [-0.39, 0.29) is 57.6 Å². The van der Waals surface area contributed by atoms with Crippen LogP contribution in [-0.2, 0) is 14.8 Å². The number of oxazole rings is 1. The predicted octanol–water partition coefficient (Wildman–Crippen LogP) is 7.16. The van der Waals surface area contributed by atoms with Crippen LogP contribution in [-0.4, -0.2) is 59.5 Å². The third-order valence-corrected chi connectivity index (χ3v) is 9.78. The summed E-state index contributed by atoms with van der Waals surface area (Å²) in [6.07, 6.45) is 1.76. The molecule has 1 aliphatic heterocycles. The third kappa shape index (κ3) is 6.05. The maximum Gasteiger partial charge on any atom is 0.255 e. The number of methoxy groups -OCH3 is 1. The highest BCUT2D eigenvalue weighted by Crippen LogP contribution is 2.44. The molecular weight excluding hydrogens is 675 g/mol. The number of nitrogens with one attached hydrogen (secondary N) is 1. The number of hydrogen-bond acceptors (Lipinski definition) is 8. The smallest absolute Gasteiger partial charge is 0.255 e. The Balaban J connectivity index is 1.50. The Bertz CT molecular complexity index is 2380. The number of hydrogen-bond donors (Lipinski definition) is 1. The summed E-state index contributed by atoms with van der Waals surface area (Å²) in [5, 5.41) is 2.99. The molecule has 2 aromatic heterocycles. The molecule has 0 saturated carbocycles. The van der Waals surface area contributed by atoms with Crippen LogP contribution in [0.5, 0.6) is 5.75 Å². The SMILES string of the molecule is CNC(=O)c1c(-c2ccc(F)cc2)oc2cc(N(CC3CCOC3)S(C)(=O)=O)c(-c3ccc(OC)c(-c4nc5c(F)cc(F)cc5o4)c3)cc12. The van der Waals surface area contributed by atoms with Crippen LogP contribution in [0.2, 0.25) is 0 Å². The van der Waals surface area contributed by atoms with Crippen molar-refractivity contribution >= 4 is 43.7 Å². The lowest BCUT2D eigenvalue weighted by molar-refractivity contribution is 0.0964. The molecule has 1 N–H and O–H groups in total. The van der Waals surface area contributed by atoms with Crippen molar-refractivity contribution in [3.05, 3.63) is 89.7 Å². The molecule has 10 nitrogen and oxygen atoms in total. The second-order valence-electron chi connectivity index (χ2n) is 11.9. The Morgan fingerprint density at radius 1 is 0.960 bits per heavy atom.